The molecule has 0 saturated carbocycles. The van der Waals surface area contributed by atoms with Gasteiger partial charge in [-0.05, 0) is 6.07 Å². The Kier molecular flexibility index (Phi) is 4.38. The van der Waals surface area contributed by atoms with Crippen LogP contribution in [0.5, 0.6) is 11.5 Å². The van der Waals surface area contributed by atoms with Crippen LogP contribution in [-0.2, 0) is 10.0 Å². The van der Waals surface area contributed by atoms with Crippen LogP contribution in [0.15, 0.2) is 17.0 Å². The molecule has 1 N–H and O–H groups in total. The van der Waals surface area contributed by atoms with E-state index in [1.165, 1.54) is 10.4 Å². The van der Waals surface area contributed by atoms with E-state index >= 15 is 0 Å². The Morgan fingerprint density at radius 2 is 1.86 bits per heavy atom. The summed E-state index contributed by atoms with van der Waals surface area (Å²) in [5.74, 6) is -1.03. The molecule has 0 spiro atoms. The third-order valence-electron chi connectivity index (χ3n) is 3.19. The van der Waals surface area contributed by atoms with Gasteiger partial charge in [-0.3, -0.25) is 0 Å². The number of rotatable bonds is 5. The van der Waals surface area contributed by atoms with Gasteiger partial charge >= 0.3 is 5.97 Å². The lowest BCUT2D eigenvalue weighted by atomic mass is 10.2. The van der Waals surface area contributed by atoms with Gasteiger partial charge in [-0.1, -0.05) is 13.8 Å². The summed E-state index contributed by atoms with van der Waals surface area (Å²) >= 11 is 0. The molecule has 1 aliphatic rings. The highest BCUT2D eigenvalue weighted by Crippen LogP contribution is 2.37. The van der Waals surface area contributed by atoms with Gasteiger partial charge in [-0.15, -0.1) is 0 Å². The molecule has 0 bridgehead atoms. The highest BCUT2D eigenvalue weighted by molar-refractivity contribution is 7.89. The summed E-state index contributed by atoms with van der Waals surface area (Å²) in [6.07, 6.45) is 0. The number of nitrogens with zero attached hydrogens (tertiary/aromatic N) is 1. The highest BCUT2D eigenvalue weighted by atomic mass is 32.2. The number of fused-ring (bicyclic) bond motifs is 1. The third-order valence-corrected chi connectivity index (χ3v) is 5.22. The van der Waals surface area contributed by atoms with E-state index in [9.17, 15) is 18.3 Å². The number of benzene rings is 1. The van der Waals surface area contributed by atoms with Gasteiger partial charge in [0.1, 0.15) is 18.8 Å². The Hall–Kier alpha value is -1.80. The van der Waals surface area contributed by atoms with Crippen molar-refractivity contribution >= 4 is 16.0 Å². The molecular weight excluding hydrogens is 298 g/mol. The first-order valence-electron chi connectivity index (χ1n) is 6.58. The molecule has 1 aromatic rings. The molecule has 0 fully saturated rings. The monoisotopic (exact) mass is 315 g/mol. The van der Waals surface area contributed by atoms with Gasteiger partial charge in [-0.25, -0.2) is 13.2 Å². The number of carbonyl (C=O) groups is 1. The van der Waals surface area contributed by atoms with Crippen LogP contribution in [-0.4, -0.2) is 50.1 Å². The number of hydrogen-bond donors (Lipinski definition) is 1. The second-order valence-corrected chi connectivity index (χ2v) is 6.33. The lowest BCUT2D eigenvalue weighted by molar-refractivity contribution is 0.0685. The fourth-order valence-corrected chi connectivity index (χ4v) is 3.65. The molecule has 2 rings (SSSR count). The summed E-state index contributed by atoms with van der Waals surface area (Å²) < 4.78 is 36.8. The van der Waals surface area contributed by atoms with Crippen molar-refractivity contribution in [3.8, 4) is 11.5 Å². The quantitative estimate of drug-likeness (QED) is 0.877. The van der Waals surface area contributed by atoms with Crippen molar-refractivity contribution in [2.24, 2.45) is 0 Å². The molecule has 0 saturated heterocycles. The van der Waals surface area contributed by atoms with Crippen molar-refractivity contribution < 1.29 is 27.8 Å². The predicted molar refractivity (Wildman–Crippen MR) is 74.5 cm³/mol. The van der Waals surface area contributed by atoms with Crippen LogP contribution in [0.1, 0.15) is 24.2 Å². The Morgan fingerprint density at radius 3 is 2.43 bits per heavy atom. The molecule has 7 nitrogen and oxygen atoms in total. The highest BCUT2D eigenvalue weighted by Gasteiger charge is 2.28. The number of ether oxygens (including phenoxy) is 2. The number of carboxylic acids is 1. The Labute approximate surface area is 123 Å². The van der Waals surface area contributed by atoms with Crippen LogP contribution >= 0.6 is 0 Å². The summed E-state index contributed by atoms with van der Waals surface area (Å²) in [6, 6.07) is 2.43. The number of hydrogen-bond acceptors (Lipinski definition) is 5. The maximum Gasteiger partial charge on any atom is 0.339 e. The van der Waals surface area contributed by atoms with Crippen molar-refractivity contribution in [2.45, 2.75) is 18.7 Å². The topological polar surface area (TPSA) is 93.1 Å². The van der Waals surface area contributed by atoms with Gasteiger partial charge in [0.05, 0.1) is 4.90 Å². The van der Waals surface area contributed by atoms with E-state index in [2.05, 4.69) is 0 Å². The standard InChI is InChI=1S/C13H17NO6S/c1-3-14(4-2)21(17,18)9-7-10(13(15)16)12-11(8-9)19-5-6-20-12/h7-8H,3-6H2,1-2H3,(H,15,16). The SMILES string of the molecule is CCN(CC)S(=O)(=O)c1cc2c(c(C(=O)O)c1)OCCO2. The molecule has 8 heteroatoms. The van der Waals surface area contributed by atoms with Crippen molar-refractivity contribution in [1.29, 1.82) is 0 Å². The van der Waals surface area contributed by atoms with Crippen molar-refractivity contribution in [1.82, 2.24) is 4.31 Å². The Bertz CT molecular complexity index is 651. The molecule has 0 unspecified atom stereocenters. The average molecular weight is 315 g/mol. The third kappa shape index (κ3) is 2.81. The summed E-state index contributed by atoms with van der Waals surface area (Å²) in [5, 5.41) is 9.24. The van der Waals surface area contributed by atoms with E-state index in [-0.39, 0.29) is 35.2 Å². The minimum Gasteiger partial charge on any atom is -0.486 e. The summed E-state index contributed by atoms with van der Waals surface area (Å²) in [5.41, 5.74) is -0.210. The molecule has 1 aromatic carbocycles. The fourth-order valence-electron chi connectivity index (χ4n) is 2.15. The van der Waals surface area contributed by atoms with Gasteiger partial charge < -0.3 is 14.6 Å². The van der Waals surface area contributed by atoms with Crippen LogP contribution in [0, 0.1) is 0 Å². The minimum atomic E-state index is -3.76. The zero-order chi connectivity index (χ0) is 15.6. The van der Waals surface area contributed by atoms with E-state index < -0.39 is 16.0 Å². The number of sulfonamides is 1. The predicted octanol–water partition coefficient (Wildman–Crippen LogP) is 1.19. The minimum absolute atomic E-state index is 0.0762. The summed E-state index contributed by atoms with van der Waals surface area (Å²) in [7, 11) is -3.76. The maximum absolute atomic E-state index is 12.5. The van der Waals surface area contributed by atoms with Crippen molar-refractivity contribution in [3.63, 3.8) is 0 Å². The Morgan fingerprint density at radius 1 is 1.24 bits per heavy atom. The van der Waals surface area contributed by atoms with E-state index in [1.807, 2.05) is 0 Å². The van der Waals surface area contributed by atoms with E-state index in [0.29, 0.717) is 13.1 Å². The van der Waals surface area contributed by atoms with Crippen LogP contribution in [0.3, 0.4) is 0 Å². The smallest absolute Gasteiger partial charge is 0.339 e. The zero-order valence-electron chi connectivity index (χ0n) is 11.8. The zero-order valence-corrected chi connectivity index (χ0v) is 12.6. The van der Waals surface area contributed by atoms with Crippen LogP contribution in [0.25, 0.3) is 0 Å². The normalized spacial score (nSPS) is 14.2. The average Bonchev–Trinajstić information content (AvgIpc) is 2.46. The second kappa shape index (κ2) is 5.90. The van der Waals surface area contributed by atoms with Gasteiger partial charge in [0.25, 0.3) is 0 Å². The van der Waals surface area contributed by atoms with Gasteiger partial charge in [-0.2, -0.15) is 4.31 Å². The molecular formula is C13H17NO6S. The molecule has 0 aromatic heterocycles. The molecule has 0 atom stereocenters. The molecule has 1 aliphatic heterocycles. The fraction of sp³-hybridized carbons (Fsp3) is 0.462. The largest absolute Gasteiger partial charge is 0.486 e. The van der Waals surface area contributed by atoms with E-state index in [1.54, 1.807) is 13.8 Å². The van der Waals surface area contributed by atoms with Crippen LogP contribution in [0.2, 0.25) is 0 Å². The van der Waals surface area contributed by atoms with Crippen molar-refractivity contribution in [3.05, 3.63) is 17.7 Å². The number of aromatic carboxylic acids is 1. The summed E-state index contributed by atoms with van der Waals surface area (Å²) in [6.45, 7) is 4.52. The molecule has 0 amide bonds. The van der Waals surface area contributed by atoms with E-state index in [4.69, 9.17) is 9.47 Å². The van der Waals surface area contributed by atoms with Gasteiger partial charge in [0, 0.05) is 19.2 Å². The second-order valence-electron chi connectivity index (χ2n) is 4.39. The maximum atomic E-state index is 12.5. The molecule has 1 heterocycles. The molecule has 0 radical (unpaired) electrons. The molecule has 0 aliphatic carbocycles. The van der Waals surface area contributed by atoms with Crippen LogP contribution < -0.4 is 9.47 Å². The van der Waals surface area contributed by atoms with Crippen molar-refractivity contribution in [2.75, 3.05) is 26.3 Å². The molecule has 21 heavy (non-hydrogen) atoms. The first kappa shape index (κ1) is 15.6. The van der Waals surface area contributed by atoms with Gasteiger partial charge in [0.15, 0.2) is 11.5 Å². The van der Waals surface area contributed by atoms with E-state index in [0.717, 1.165) is 6.07 Å². The summed E-state index contributed by atoms with van der Waals surface area (Å²) in [4.78, 5) is 11.2. The van der Waals surface area contributed by atoms with Gasteiger partial charge in [0.2, 0.25) is 10.0 Å². The van der Waals surface area contributed by atoms with Crippen LogP contribution in [0.4, 0.5) is 0 Å². The molecule has 116 valence electrons. The number of carboxylic acid groups (broad SMARTS) is 1. The Balaban J connectivity index is 2.60. The lowest BCUT2D eigenvalue weighted by Crippen LogP contribution is -2.31. The first-order chi connectivity index (χ1) is 9.91. The lowest BCUT2D eigenvalue weighted by Gasteiger charge is -2.23. The first-order valence-corrected chi connectivity index (χ1v) is 8.02.